The SMILES string of the molecule is O=C1[C@@H]2C3CC(CC3c3ccccc3)[C@@H]2C(=O)N1c1ccc(O)cc1. The molecule has 2 amide bonds. The number of hydrogen-bond acceptors (Lipinski definition) is 3. The van der Waals surface area contributed by atoms with Crippen molar-refractivity contribution in [2.24, 2.45) is 23.7 Å². The Morgan fingerprint density at radius 1 is 0.840 bits per heavy atom. The molecule has 4 nitrogen and oxygen atoms in total. The minimum atomic E-state index is -0.190. The number of amides is 2. The number of imide groups is 1. The highest BCUT2D eigenvalue weighted by Gasteiger charge is 2.64. The Hall–Kier alpha value is -2.62. The summed E-state index contributed by atoms with van der Waals surface area (Å²) in [6.45, 7) is 0. The number of aromatic hydroxyl groups is 1. The Balaban J connectivity index is 1.49. The number of phenolic OH excluding ortho intramolecular Hbond substituents is 1. The molecule has 3 aliphatic rings. The summed E-state index contributed by atoms with van der Waals surface area (Å²) in [5.74, 6) is 0.607. The van der Waals surface area contributed by atoms with Crippen LogP contribution in [-0.4, -0.2) is 16.9 Å². The van der Waals surface area contributed by atoms with Crippen molar-refractivity contribution in [2.75, 3.05) is 4.90 Å². The fraction of sp³-hybridized carbons (Fsp3) is 0.333. The lowest BCUT2D eigenvalue weighted by molar-refractivity contribution is -0.123. The molecule has 5 atom stereocenters. The molecular formula is C21H19NO3. The maximum Gasteiger partial charge on any atom is 0.237 e. The van der Waals surface area contributed by atoms with Gasteiger partial charge in [0.1, 0.15) is 5.75 Å². The van der Waals surface area contributed by atoms with Gasteiger partial charge in [-0.15, -0.1) is 0 Å². The lowest BCUT2D eigenvalue weighted by Crippen LogP contribution is -2.32. The lowest BCUT2D eigenvalue weighted by atomic mass is 9.73. The van der Waals surface area contributed by atoms with Gasteiger partial charge in [0, 0.05) is 0 Å². The van der Waals surface area contributed by atoms with E-state index in [-0.39, 0.29) is 35.3 Å². The molecule has 1 N–H and O–H groups in total. The van der Waals surface area contributed by atoms with Crippen LogP contribution in [0.4, 0.5) is 5.69 Å². The van der Waals surface area contributed by atoms with Crippen molar-refractivity contribution in [3.8, 4) is 5.75 Å². The third kappa shape index (κ3) is 2.00. The van der Waals surface area contributed by atoms with Gasteiger partial charge in [-0.3, -0.25) is 14.5 Å². The molecule has 0 aromatic heterocycles. The van der Waals surface area contributed by atoms with Crippen LogP contribution < -0.4 is 4.90 Å². The molecule has 1 saturated heterocycles. The molecule has 0 spiro atoms. The highest BCUT2D eigenvalue weighted by Crippen LogP contribution is 2.61. The number of carbonyl (C=O) groups excluding carboxylic acids is 2. The first-order valence-corrected chi connectivity index (χ1v) is 8.87. The number of phenols is 1. The first kappa shape index (κ1) is 14.7. The smallest absolute Gasteiger partial charge is 0.237 e. The van der Waals surface area contributed by atoms with Gasteiger partial charge in [0.15, 0.2) is 0 Å². The Morgan fingerprint density at radius 3 is 2.24 bits per heavy atom. The predicted molar refractivity (Wildman–Crippen MR) is 93.0 cm³/mol. The Labute approximate surface area is 146 Å². The summed E-state index contributed by atoms with van der Waals surface area (Å²) >= 11 is 0. The van der Waals surface area contributed by atoms with Gasteiger partial charge in [-0.25, -0.2) is 0 Å². The van der Waals surface area contributed by atoms with Crippen LogP contribution in [0.3, 0.4) is 0 Å². The zero-order chi connectivity index (χ0) is 17.1. The number of fused-ring (bicyclic) bond motifs is 5. The van der Waals surface area contributed by atoms with Crippen LogP contribution in [0.2, 0.25) is 0 Å². The molecule has 1 heterocycles. The van der Waals surface area contributed by atoms with E-state index in [1.54, 1.807) is 12.1 Å². The van der Waals surface area contributed by atoms with E-state index in [1.165, 1.54) is 22.6 Å². The maximum absolute atomic E-state index is 13.1. The zero-order valence-corrected chi connectivity index (χ0v) is 13.7. The minimum Gasteiger partial charge on any atom is -0.508 e. The van der Waals surface area contributed by atoms with E-state index in [0.29, 0.717) is 17.5 Å². The van der Waals surface area contributed by atoms with Crippen LogP contribution in [0.1, 0.15) is 24.3 Å². The number of rotatable bonds is 2. The van der Waals surface area contributed by atoms with E-state index in [4.69, 9.17) is 0 Å². The highest BCUT2D eigenvalue weighted by molar-refractivity contribution is 6.22. The predicted octanol–water partition coefficient (Wildman–Crippen LogP) is 3.32. The van der Waals surface area contributed by atoms with E-state index in [2.05, 4.69) is 12.1 Å². The van der Waals surface area contributed by atoms with E-state index < -0.39 is 0 Å². The molecule has 4 heteroatoms. The van der Waals surface area contributed by atoms with E-state index in [0.717, 1.165) is 12.8 Å². The summed E-state index contributed by atoms with van der Waals surface area (Å²) in [6.07, 6.45) is 1.98. The van der Waals surface area contributed by atoms with Crippen molar-refractivity contribution in [1.82, 2.24) is 0 Å². The third-order valence-electron chi connectivity index (χ3n) is 6.35. The maximum atomic E-state index is 13.1. The first-order valence-electron chi connectivity index (χ1n) is 8.87. The molecule has 3 unspecified atom stereocenters. The Kier molecular flexibility index (Phi) is 3.05. The number of benzene rings is 2. The molecule has 0 radical (unpaired) electrons. The average molecular weight is 333 g/mol. The fourth-order valence-electron chi connectivity index (χ4n) is 5.40. The summed E-state index contributed by atoms with van der Waals surface area (Å²) in [6, 6.07) is 16.7. The monoisotopic (exact) mass is 333 g/mol. The third-order valence-corrected chi connectivity index (χ3v) is 6.35. The van der Waals surface area contributed by atoms with Crippen molar-refractivity contribution in [1.29, 1.82) is 0 Å². The van der Waals surface area contributed by atoms with Crippen LogP contribution in [-0.2, 0) is 9.59 Å². The van der Waals surface area contributed by atoms with Gasteiger partial charge in [0.25, 0.3) is 0 Å². The average Bonchev–Trinajstić information content (AvgIpc) is 3.29. The number of nitrogens with zero attached hydrogens (tertiary/aromatic N) is 1. The van der Waals surface area contributed by atoms with E-state index >= 15 is 0 Å². The second-order valence-corrected chi connectivity index (χ2v) is 7.49. The van der Waals surface area contributed by atoms with Crippen LogP contribution in [0.25, 0.3) is 0 Å². The number of hydrogen-bond donors (Lipinski definition) is 1. The van der Waals surface area contributed by atoms with Gasteiger partial charge in [-0.1, -0.05) is 30.3 Å². The van der Waals surface area contributed by atoms with Gasteiger partial charge in [0.05, 0.1) is 17.5 Å². The molecule has 2 saturated carbocycles. The fourth-order valence-corrected chi connectivity index (χ4v) is 5.40. The van der Waals surface area contributed by atoms with E-state index in [9.17, 15) is 14.7 Å². The topological polar surface area (TPSA) is 57.6 Å². The molecule has 3 fully saturated rings. The van der Waals surface area contributed by atoms with E-state index in [1.807, 2.05) is 18.2 Å². The molecule has 2 aromatic carbocycles. The second kappa shape index (κ2) is 5.19. The van der Waals surface area contributed by atoms with Gasteiger partial charge < -0.3 is 5.11 Å². The van der Waals surface area contributed by atoms with Crippen molar-refractivity contribution in [3.05, 3.63) is 60.2 Å². The quantitative estimate of drug-likeness (QED) is 0.858. The summed E-state index contributed by atoms with van der Waals surface area (Å²) in [5.41, 5.74) is 1.86. The molecule has 1 aliphatic heterocycles. The van der Waals surface area contributed by atoms with Crippen molar-refractivity contribution < 1.29 is 14.7 Å². The summed E-state index contributed by atoms with van der Waals surface area (Å²) in [4.78, 5) is 27.4. The van der Waals surface area contributed by atoms with Crippen molar-refractivity contribution in [2.45, 2.75) is 18.8 Å². The van der Waals surface area contributed by atoms with Gasteiger partial charge in [0.2, 0.25) is 11.8 Å². The molecule has 25 heavy (non-hydrogen) atoms. The van der Waals surface area contributed by atoms with Crippen molar-refractivity contribution in [3.63, 3.8) is 0 Å². The van der Waals surface area contributed by atoms with Gasteiger partial charge in [-0.05, 0) is 60.4 Å². The standard InChI is InChI=1S/C21H19NO3/c23-15-8-6-14(7-9-15)22-20(24)18-13-10-16(12-4-2-1-3-5-12)17(11-13)19(18)21(22)25/h1-9,13,16-19,23H,10-11H2/t13?,16?,17?,18-,19+/m0/s1. The Bertz CT molecular complexity index is 845. The molecular weight excluding hydrogens is 314 g/mol. The first-order chi connectivity index (χ1) is 12.1. The second-order valence-electron chi connectivity index (χ2n) is 7.49. The molecule has 2 aliphatic carbocycles. The summed E-state index contributed by atoms with van der Waals surface area (Å²) in [5, 5.41) is 9.46. The minimum absolute atomic E-state index is 0.0558. The lowest BCUT2D eigenvalue weighted by Gasteiger charge is -2.28. The number of anilines is 1. The Morgan fingerprint density at radius 2 is 1.52 bits per heavy atom. The number of carbonyl (C=O) groups is 2. The molecule has 2 bridgehead atoms. The van der Waals surface area contributed by atoms with Gasteiger partial charge in [-0.2, -0.15) is 0 Å². The largest absolute Gasteiger partial charge is 0.508 e. The normalized spacial score (nSPS) is 33.1. The van der Waals surface area contributed by atoms with Crippen LogP contribution in [0.15, 0.2) is 54.6 Å². The highest BCUT2D eigenvalue weighted by atomic mass is 16.3. The summed E-state index contributed by atoms with van der Waals surface area (Å²) in [7, 11) is 0. The zero-order valence-electron chi connectivity index (χ0n) is 13.7. The molecule has 126 valence electrons. The molecule has 2 aromatic rings. The summed E-state index contributed by atoms with van der Waals surface area (Å²) < 4.78 is 0. The van der Waals surface area contributed by atoms with Crippen LogP contribution >= 0.6 is 0 Å². The van der Waals surface area contributed by atoms with Crippen molar-refractivity contribution >= 4 is 17.5 Å². The molecule has 5 rings (SSSR count). The van der Waals surface area contributed by atoms with Crippen LogP contribution in [0, 0.1) is 23.7 Å². The van der Waals surface area contributed by atoms with Gasteiger partial charge >= 0.3 is 0 Å². The van der Waals surface area contributed by atoms with Crippen LogP contribution in [0.5, 0.6) is 5.75 Å².